The number of aryl methyl sites for hydroxylation is 1. The zero-order valence-electron chi connectivity index (χ0n) is 22.0. The molecule has 0 radical (unpaired) electrons. The number of carbonyl (C=O) groups excluding carboxylic acids is 3. The molecule has 0 fully saturated rings. The molecule has 0 aliphatic rings. The van der Waals surface area contributed by atoms with E-state index in [1.54, 1.807) is 36.4 Å². The van der Waals surface area contributed by atoms with Crippen LogP contribution in [0.1, 0.15) is 27.9 Å². The summed E-state index contributed by atoms with van der Waals surface area (Å²) in [5.41, 5.74) is 4.67. The largest absolute Gasteiger partial charge is 0.423 e. The molecule has 0 aliphatic heterocycles. The highest BCUT2D eigenvalue weighted by Crippen LogP contribution is 2.30. The van der Waals surface area contributed by atoms with E-state index in [9.17, 15) is 14.4 Å². The minimum absolute atomic E-state index is 0.00798. The third kappa shape index (κ3) is 7.65. The molecule has 0 spiro atoms. The van der Waals surface area contributed by atoms with Crippen LogP contribution in [0.3, 0.4) is 0 Å². The summed E-state index contributed by atoms with van der Waals surface area (Å²) >= 11 is 0. The van der Waals surface area contributed by atoms with Gasteiger partial charge in [-0.2, -0.15) is 0 Å². The van der Waals surface area contributed by atoms with Crippen molar-refractivity contribution >= 4 is 29.1 Å². The Morgan fingerprint density at radius 1 is 0.625 bits per heavy atom. The van der Waals surface area contributed by atoms with Crippen molar-refractivity contribution < 1.29 is 23.9 Å². The van der Waals surface area contributed by atoms with Crippen LogP contribution in [0, 0.1) is 0 Å². The molecular formula is C34H29NO5. The summed E-state index contributed by atoms with van der Waals surface area (Å²) in [4.78, 5) is 37.8. The number of hydrogen-bond acceptors (Lipinski definition) is 6. The van der Waals surface area contributed by atoms with E-state index in [-0.39, 0.29) is 5.78 Å². The van der Waals surface area contributed by atoms with Crippen molar-refractivity contribution in [3.05, 3.63) is 145 Å². The van der Waals surface area contributed by atoms with Crippen LogP contribution in [0.25, 0.3) is 0 Å². The lowest BCUT2D eigenvalue weighted by Crippen LogP contribution is -2.16. The van der Waals surface area contributed by atoms with Gasteiger partial charge in [-0.05, 0) is 78.2 Å². The van der Waals surface area contributed by atoms with Crippen molar-refractivity contribution in [3.8, 4) is 11.5 Å². The van der Waals surface area contributed by atoms with Gasteiger partial charge < -0.3 is 14.4 Å². The predicted octanol–water partition coefficient (Wildman–Crippen LogP) is 7.02. The maximum absolute atomic E-state index is 12.7. The Hall–Kier alpha value is -5.23. The highest BCUT2D eigenvalue weighted by atomic mass is 16.5. The third-order valence-electron chi connectivity index (χ3n) is 6.17. The average molecular weight is 532 g/mol. The first-order valence-electron chi connectivity index (χ1n) is 12.8. The van der Waals surface area contributed by atoms with Crippen molar-refractivity contribution in [2.45, 2.75) is 19.4 Å². The van der Waals surface area contributed by atoms with E-state index in [1.165, 1.54) is 0 Å². The van der Waals surface area contributed by atoms with E-state index < -0.39 is 11.9 Å². The van der Waals surface area contributed by atoms with E-state index >= 15 is 0 Å². The fraction of sp³-hybridized carbons (Fsp3) is 0.0882. The molecule has 0 amide bonds. The quantitative estimate of drug-likeness (QED) is 0.0846. The third-order valence-corrected chi connectivity index (χ3v) is 6.17. The Morgan fingerprint density at radius 2 is 1.12 bits per heavy atom. The number of hydrogen-bond donors (Lipinski definition) is 0. The molecule has 6 nitrogen and oxygen atoms in total. The van der Waals surface area contributed by atoms with E-state index in [0.717, 1.165) is 34.7 Å². The molecule has 4 rings (SSSR count). The Kier molecular flexibility index (Phi) is 9.40. The monoisotopic (exact) mass is 531 g/mol. The van der Waals surface area contributed by atoms with Crippen molar-refractivity contribution in [2.24, 2.45) is 0 Å². The van der Waals surface area contributed by atoms with Crippen LogP contribution < -0.4 is 14.4 Å². The highest BCUT2D eigenvalue weighted by Gasteiger charge is 2.13. The fourth-order valence-corrected chi connectivity index (χ4v) is 4.06. The minimum atomic E-state index is -0.545. The number of rotatable bonds is 12. The summed E-state index contributed by atoms with van der Waals surface area (Å²) in [5.74, 6) is -0.233. The molecule has 4 aromatic carbocycles. The van der Waals surface area contributed by atoms with Gasteiger partial charge in [0, 0.05) is 42.1 Å². The second-order valence-electron chi connectivity index (χ2n) is 8.93. The van der Waals surface area contributed by atoms with Crippen LogP contribution in [0.4, 0.5) is 11.4 Å². The van der Waals surface area contributed by atoms with Gasteiger partial charge in [0.15, 0.2) is 5.78 Å². The first-order valence-corrected chi connectivity index (χ1v) is 12.8. The Bertz CT molecular complexity index is 1470. The van der Waals surface area contributed by atoms with Crippen molar-refractivity contribution in [2.75, 3.05) is 4.90 Å². The number of ketones is 1. The molecule has 6 heteroatoms. The predicted molar refractivity (Wildman–Crippen MR) is 156 cm³/mol. The maximum atomic E-state index is 12.7. The SMILES string of the molecule is C=CC(=O)Oc1ccc(C(=O)CCc2ccc(N(Cc3ccccc3)c3ccc(OC(=O)C=C)cc3)cc2)cc1. The molecule has 0 bridgehead atoms. The summed E-state index contributed by atoms with van der Waals surface area (Å²) in [7, 11) is 0. The molecular weight excluding hydrogens is 502 g/mol. The van der Waals surface area contributed by atoms with E-state index in [1.807, 2.05) is 54.6 Å². The van der Waals surface area contributed by atoms with E-state index in [0.29, 0.717) is 36.4 Å². The number of carbonyl (C=O) groups is 3. The van der Waals surface area contributed by atoms with Crippen LogP contribution in [0.2, 0.25) is 0 Å². The molecule has 0 aromatic heterocycles. The molecule has 40 heavy (non-hydrogen) atoms. The highest BCUT2D eigenvalue weighted by molar-refractivity contribution is 5.96. The molecule has 200 valence electrons. The van der Waals surface area contributed by atoms with E-state index in [2.05, 4.69) is 30.2 Å². The summed E-state index contributed by atoms with van der Waals surface area (Å²) in [6.07, 6.45) is 3.16. The van der Waals surface area contributed by atoms with Gasteiger partial charge in [0.25, 0.3) is 0 Å². The summed E-state index contributed by atoms with van der Waals surface area (Å²) in [5, 5.41) is 0. The van der Waals surface area contributed by atoms with Crippen LogP contribution in [-0.4, -0.2) is 17.7 Å². The van der Waals surface area contributed by atoms with Gasteiger partial charge in [-0.3, -0.25) is 4.79 Å². The molecule has 0 saturated heterocycles. The first kappa shape index (κ1) is 27.8. The Morgan fingerprint density at radius 3 is 1.65 bits per heavy atom. The van der Waals surface area contributed by atoms with Gasteiger partial charge in [0.1, 0.15) is 11.5 Å². The lowest BCUT2D eigenvalue weighted by atomic mass is 10.0. The van der Waals surface area contributed by atoms with Crippen LogP contribution >= 0.6 is 0 Å². The zero-order chi connectivity index (χ0) is 28.3. The summed E-state index contributed by atoms with van der Waals surface area (Å²) in [6.45, 7) is 7.44. The molecule has 0 heterocycles. The number of benzene rings is 4. The molecule has 0 saturated carbocycles. The Labute approximate surface area is 233 Å². The number of esters is 2. The lowest BCUT2D eigenvalue weighted by molar-refractivity contribution is -0.129. The molecule has 0 atom stereocenters. The molecule has 4 aromatic rings. The van der Waals surface area contributed by atoms with Gasteiger partial charge in [-0.15, -0.1) is 0 Å². The van der Waals surface area contributed by atoms with Crippen LogP contribution in [-0.2, 0) is 22.6 Å². The first-order chi connectivity index (χ1) is 19.4. The second kappa shape index (κ2) is 13.5. The van der Waals surface area contributed by atoms with Crippen molar-refractivity contribution in [1.29, 1.82) is 0 Å². The normalized spacial score (nSPS) is 10.3. The topological polar surface area (TPSA) is 72.9 Å². The lowest BCUT2D eigenvalue weighted by Gasteiger charge is -2.26. The van der Waals surface area contributed by atoms with Gasteiger partial charge in [0.2, 0.25) is 0 Å². The number of Topliss-reactive ketones (excluding diaryl/α,β-unsaturated/α-hetero) is 1. The standard InChI is InChI=1S/C34H29NO5/c1-3-33(37)39-30-19-13-27(14-20-30)32(36)23-12-25-10-15-28(16-11-25)35(24-26-8-6-5-7-9-26)29-17-21-31(22-18-29)40-34(38)4-2/h3-11,13-22H,1-2,12,23-24H2. The Balaban J connectivity index is 1.45. The van der Waals surface area contributed by atoms with Gasteiger partial charge >= 0.3 is 11.9 Å². The molecule has 0 unspecified atom stereocenters. The van der Waals surface area contributed by atoms with Crippen molar-refractivity contribution in [1.82, 2.24) is 0 Å². The second-order valence-corrected chi connectivity index (χ2v) is 8.93. The van der Waals surface area contributed by atoms with Gasteiger partial charge in [-0.25, -0.2) is 9.59 Å². The minimum Gasteiger partial charge on any atom is -0.423 e. The average Bonchev–Trinajstić information content (AvgIpc) is 3.00. The molecule has 0 aliphatic carbocycles. The number of anilines is 2. The smallest absolute Gasteiger partial charge is 0.335 e. The van der Waals surface area contributed by atoms with E-state index in [4.69, 9.17) is 9.47 Å². The zero-order valence-corrected chi connectivity index (χ0v) is 22.0. The molecule has 0 N–H and O–H groups in total. The fourth-order valence-electron chi connectivity index (χ4n) is 4.06. The van der Waals surface area contributed by atoms with Gasteiger partial charge in [-0.1, -0.05) is 55.6 Å². The summed E-state index contributed by atoms with van der Waals surface area (Å²) < 4.78 is 10.3. The summed E-state index contributed by atoms with van der Waals surface area (Å²) in [6, 6.07) is 32.1. The van der Waals surface area contributed by atoms with Gasteiger partial charge in [0.05, 0.1) is 0 Å². The van der Waals surface area contributed by atoms with Crippen LogP contribution in [0.15, 0.2) is 128 Å². The number of nitrogens with zero attached hydrogens (tertiary/aromatic N) is 1. The van der Waals surface area contributed by atoms with Crippen LogP contribution in [0.5, 0.6) is 11.5 Å². The maximum Gasteiger partial charge on any atom is 0.335 e. The van der Waals surface area contributed by atoms with Crippen molar-refractivity contribution in [3.63, 3.8) is 0 Å². The number of ether oxygens (including phenoxy) is 2.